The second kappa shape index (κ2) is 5.90. The van der Waals surface area contributed by atoms with Crippen molar-refractivity contribution in [2.24, 2.45) is 0 Å². The van der Waals surface area contributed by atoms with Crippen LogP contribution in [0.25, 0.3) is 0 Å². The fraction of sp³-hybridized carbons (Fsp3) is 0.400. The fourth-order valence-corrected chi connectivity index (χ4v) is 3.97. The summed E-state index contributed by atoms with van der Waals surface area (Å²) in [7, 11) is 0. The quantitative estimate of drug-likeness (QED) is 0.815. The van der Waals surface area contributed by atoms with E-state index in [1.807, 2.05) is 24.3 Å². The van der Waals surface area contributed by atoms with Crippen molar-refractivity contribution in [3.05, 3.63) is 54.8 Å². The molecule has 2 aromatic rings. The minimum Gasteiger partial charge on any atom is -0.298 e. The number of aromatic nitrogens is 2. The maximum atomic E-state index is 12.3. The van der Waals surface area contributed by atoms with E-state index >= 15 is 0 Å². The van der Waals surface area contributed by atoms with Gasteiger partial charge in [-0.2, -0.15) is 0 Å². The first-order valence-electron chi connectivity index (χ1n) is 6.88. The van der Waals surface area contributed by atoms with Crippen LogP contribution in [0.4, 0.5) is 0 Å². The van der Waals surface area contributed by atoms with Crippen LogP contribution in [0.2, 0.25) is 0 Å². The van der Waals surface area contributed by atoms with Gasteiger partial charge in [0.25, 0.3) is 5.56 Å². The van der Waals surface area contributed by atoms with Gasteiger partial charge in [0.2, 0.25) is 0 Å². The van der Waals surface area contributed by atoms with Crippen LogP contribution in [0, 0.1) is 0 Å². The molecule has 0 atom stereocenters. The number of hydrogen-bond acceptors (Lipinski definition) is 1. The van der Waals surface area contributed by atoms with Crippen LogP contribution in [0.5, 0.6) is 0 Å². The summed E-state index contributed by atoms with van der Waals surface area (Å²) in [5.74, 6) is 0.501. The van der Waals surface area contributed by atoms with Crippen LogP contribution in [-0.2, 0) is 6.54 Å². The highest BCUT2D eigenvalue weighted by molar-refractivity contribution is 9.10. The summed E-state index contributed by atoms with van der Waals surface area (Å²) in [6.07, 6.45) is 4.87. The Morgan fingerprint density at radius 1 is 1.25 bits per heavy atom. The molecule has 1 fully saturated rings. The summed E-state index contributed by atoms with van der Waals surface area (Å²) in [5, 5.41) is 3.30. The Labute approximate surface area is 134 Å². The summed E-state index contributed by atoms with van der Waals surface area (Å²) in [5.41, 5.74) is 2.21. The molecule has 0 saturated heterocycles. The van der Waals surface area contributed by atoms with Crippen molar-refractivity contribution in [3.63, 3.8) is 0 Å². The first-order valence-corrected chi connectivity index (χ1v) is 8.46. The lowest BCUT2D eigenvalue weighted by molar-refractivity contribution is 0.618. The van der Waals surface area contributed by atoms with E-state index in [4.69, 9.17) is 0 Å². The van der Waals surface area contributed by atoms with E-state index in [1.165, 1.54) is 25.7 Å². The predicted octanol–water partition coefficient (Wildman–Crippen LogP) is 4.41. The number of nitrogens with zero attached hydrogens (tertiary/aromatic N) is 1. The molecule has 20 heavy (non-hydrogen) atoms. The van der Waals surface area contributed by atoms with Gasteiger partial charge in [0.15, 0.2) is 0 Å². The standard InChI is InChI=1S/C15H16Br2N2O/c16-12-7-3-4-10(8-12)9-19-15(20)13(17)14(18-19)11-5-1-2-6-11/h3-4,7-8,11,18H,1-2,5-6,9H2. The molecular weight excluding hydrogens is 384 g/mol. The number of rotatable bonds is 3. The van der Waals surface area contributed by atoms with Gasteiger partial charge in [-0.3, -0.25) is 9.89 Å². The van der Waals surface area contributed by atoms with Crippen LogP contribution in [-0.4, -0.2) is 9.78 Å². The number of halogens is 2. The molecule has 0 unspecified atom stereocenters. The molecule has 1 aromatic heterocycles. The third kappa shape index (κ3) is 2.79. The monoisotopic (exact) mass is 398 g/mol. The molecule has 5 heteroatoms. The topological polar surface area (TPSA) is 37.8 Å². The molecule has 3 nitrogen and oxygen atoms in total. The van der Waals surface area contributed by atoms with Gasteiger partial charge >= 0.3 is 0 Å². The molecule has 3 rings (SSSR count). The van der Waals surface area contributed by atoms with E-state index in [0.717, 1.165) is 15.7 Å². The van der Waals surface area contributed by atoms with Gasteiger partial charge in [-0.1, -0.05) is 40.9 Å². The number of benzene rings is 1. The Hall–Kier alpha value is -0.810. The summed E-state index contributed by atoms with van der Waals surface area (Å²) in [6, 6.07) is 8.04. The summed E-state index contributed by atoms with van der Waals surface area (Å²) in [4.78, 5) is 12.3. The molecule has 0 aliphatic heterocycles. The molecule has 106 valence electrons. The number of aromatic amines is 1. The molecular formula is C15H16Br2N2O. The number of nitrogens with one attached hydrogen (secondary N) is 1. The zero-order valence-electron chi connectivity index (χ0n) is 11.0. The Kier molecular flexibility index (Phi) is 4.17. The van der Waals surface area contributed by atoms with Gasteiger partial charge in [-0.25, -0.2) is 4.68 Å². The second-order valence-electron chi connectivity index (χ2n) is 5.34. The number of hydrogen-bond donors (Lipinski definition) is 1. The lowest BCUT2D eigenvalue weighted by atomic mass is 10.1. The Balaban J connectivity index is 1.90. The first kappa shape index (κ1) is 14.1. The summed E-state index contributed by atoms with van der Waals surface area (Å²) in [6.45, 7) is 0.573. The van der Waals surface area contributed by atoms with Gasteiger partial charge in [0.1, 0.15) is 4.47 Å². The fourth-order valence-electron chi connectivity index (χ4n) is 2.89. The van der Waals surface area contributed by atoms with Crippen molar-refractivity contribution >= 4 is 31.9 Å². The highest BCUT2D eigenvalue weighted by atomic mass is 79.9. The molecule has 1 aromatic carbocycles. The van der Waals surface area contributed by atoms with E-state index in [-0.39, 0.29) is 5.56 Å². The Morgan fingerprint density at radius 2 is 2.00 bits per heavy atom. The minimum atomic E-state index is 0.0341. The highest BCUT2D eigenvalue weighted by Crippen LogP contribution is 2.35. The average molecular weight is 400 g/mol. The molecule has 0 spiro atoms. The van der Waals surface area contributed by atoms with Crippen molar-refractivity contribution in [3.8, 4) is 0 Å². The lowest BCUT2D eigenvalue weighted by Crippen LogP contribution is -2.17. The van der Waals surface area contributed by atoms with Crippen molar-refractivity contribution in [2.75, 3.05) is 0 Å². The van der Waals surface area contributed by atoms with Crippen molar-refractivity contribution in [1.29, 1.82) is 0 Å². The molecule has 1 heterocycles. The van der Waals surface area contributed by atoms with Crippen LogP contribution < -0.4 is 5.56 Å². The van der Waals surface area contributed by atoms with E-state index in [0.29, 0.717) is 16.9 Å². The van der Waals surface area contributed by atoms with Crippen molar-refractivity contribution in [2.45, 2.75) is 38.1 Å². The van der Waals surface area contributed by atoms with Gasteiger partial charge in [0.05, 0.1) is 12.2 Å². The zero-order chi connectivity index (χ0) is 14.1. The Morgan fingerprint density at radius 3 is 2.70 bits per heavy atom. The maximum Gasteiger partial charge on any atom is 0.281 e. The van der Waals surface area contributed by atoms with Crippen LogP contribution in [0.15, 0.2) is 38.0 Å². The molecule has 1 aliphatic carbocycles. The first-order chi connectivity index (χ1) is 9.65. The Bertz CT molecular complexity index is 669. The van der Waals surface area contributed by atoms with Crippen LogP contribution >= 0.6 is 31.9 Å². The lowest BCUT2D eigenvalue weighted by Gasteiger charge is -2.07. The molecule has 1 saturated carbocycles. The molecule has 0 radical (unpaired) electrons. The van der Waals surface area contributed by atoms with Gasteiger partial charge in [-0.15, -0.1) is 0 Å². The van der Waals surface area contributed by atoms with Gasteiger partial charge in [-0.05, 0) is 46.5 Å². The summed E-state index contributed by atoms with van der Waals surface area (Å²) < 4.78 is 3.43. The van der Waals surface area contributed by atoms with Gasteiger partial charge < -0.3 is 0 Å². The molecule has 0 amide bonds. The van der Waals surface area contributed by atoms with Crippen molar-refractivity contribution < 1.29 is 0 Å². The predicted molar refractivity (Wildman–Crippen MR) is 87.2 cm³/mol. The average Bonchev–Trinajstić information content (AvgIpc) is 3.03. The van der Waals surface area contributed by atoms with E-state index in [9.17, 15) is 4.79 Å². The maximum absolute atomic E-state index is 12.3. The smallest absolute Gasteiger partial charge is 0.281 e. The SMILES string of the molecule is O=c1c(Br)c(C2CCCC2)[nH]n1Cc1cccc(Br)c1. The van der Waals surface area contributed by atoms with Gasteiger partial charge in [0, 0.05) is 10.4 Å². The summed E-state index contributed by atoms with van der Waals surface area (Å²) >= 11 is 6.93. The number of H-pyrrole nitrogens is 1. The third-order valence-corrected chi connectivity index (χ3v) is 5.18. The highest BCUT2D eigenvalue weighted by Gasteiger charge is 2.23. The van der Waals surface area contributed by atoms with Crippen LogP contribution in [0.3, 0.4) is 0 Å². The van der Waals surface area contributed by atoms with Crippen LogP contribution in [0.1, 0.15) is 42.9 Å². The minimum absolute atomic E-state index is 0.0341. The zero-order valence-corrected chi connectivity index (χ0v) is 14.2. The molecule has 0 bridgehead atoms. The van der Waals surface area contributed by atoms with Crippen molar-refractivity contribution in [1.82, 2.24) is 9.78 Å². The molecule has 1 N–H and O–H groups in total. The van der Waals surface area contributed by atoms with E-state index in [2.05, 4.69) is 37.0 Å². The molecule has 1 aliphatic rings. The second-order valence-corrected chi connectivity index (χ2v) is 7.05. The van der Waals surface area contributed by atoms with E-state index < -0.39 is 0 Å². The largest absolute Gasteiger partial charge is 0.298 e. The van der Waals surface area contributed by atoms with E-state index in [1.54, 1.807) is 4.68 Å². The normalized spacial score (nSPS) is 15.9. The third-order valence-electron chi connectivity index (χ3n) is 3.92.